The summed E-state index contributed by atoms with van der Waals surface area (Å²) in [5.74, 6) is 0.977. The number of carbonyl (C=O) groups excluding carboxylic acids is 1. The predicted molar refractivity (Wildman–Crippen MR) is 84.0 cm³/mol. The smallest absolute Gasteiger partial charge is 0.257 e. The van der Waals surface area contributed by atoms with Crippen molar-refractivity contribution in [3.63, 3.8) is 0 Å². The molecule has 1 aliphatic heterocycles. The van der Waals surface area contributed by atoms with E-state index < -0.39 is 6.10 Å². The van der Waals surface area contributed by atoms with Crippen molar-refractivity contribution in [2.45, 2.75) is 26.1 Å². The number of halogens is 1. The summed E-state index contributed by atoms with van der Waals surface area (Å²) in [5.41, 5.74) is 0.385. The zero-order valence-electron chi connectivity index (χ0n) is 13.5. The standard InChI is InChI=1S/C15H17ClN4O4/c1-8-6-20(7-12(23-8)14-18-9(2)19-24-14)15(21)10-4-11(16)13(22-3)17-5-10/h4-5,8,12H,6-7H2,1-3H3/t8-,12-/m1/s1. The molecule has 3 rings (SSSR count). The maximum absolute atomic E-state index is 12.7. The Kier molecular flexibility index (Phi) is 4.68. The van der Waals surface area contributed by atoms with Gasteiger partial charge in [0, 0.05) is 12.7 Å². The highest BCUT2D eigenvalue weighted by Gasteiger charge is 2.33. The molecule has 2 aromatic heterocycles. The molecule has 1 saturated heterocycles. The number of morpholine rings is 1. The maximum Gasteiger partial charge on any atom is 0.257 e. The highest BCUT2D eigenvalue weighted by molar-refractivity contribution is 6.32. The number of pyridine rings is 1. The van der Waals surface area contributed by atoms with Crippen LogP contribution < -0.4 is 4.74 Å². The summed E-state index contributed by atoms with van der Waals surface area (Å²) < 4.78 is 16.0. The number of ether oxygens (including phenoxy) is 2. The molecule has 1 fully saturated rings. The number of amides is 1. The molecule has 0 radical (unpaired) electrons. The third-order valence-electron chi connectivity index (χ3n) is 3.61. The second-order valence-corrected chi connectivity index (χ2v) is 5.95. The van der Waals surface area contributed by atoms with Gasteiger partial charge in [-0.15, -0.1) is 0 Å². The number of carbonyl (C=O) groups is 1. The number of methoxy groups -OCH3 is 1. The zero-order valence-corrected chi connectivity index (χ0v) is 14.3. The fourth-order valence-electron chi connectivity index (χ4n) is 2.57. The van der Waals surface area contributed by atoms with Crippen LogP contribution in [-0.4, -0.2) is 52.2 Å². The van der Waals surface area contributed by atoms with Gasteiger partial charge in [-0.2, -0.15) is 4.98 Å². The minimum Gasteiger partial charge on any atom is -0.480 e. The van der Waals surface area contributed by atoms with Gasteiger partial charge >= 0.3 is 0 Å². The van der Waals surface area contributed by atoms with Gasteiger partial charge < -0.3 is 18.9 Å². The van der Waals surface area contributed by atoms with Crippen molar-refractivity contribution < 1.29 is 18.8 Å². The van der Waals surface area contributed by atoms with Crippen molar-refractivity contribution in [2.75, 3.05) is 20.2 Å². The van der Waals surface area contributed by atoms with Crippen molar-refractivity contribution >= 4 is 17.5 Å². The summed E-state index contributed by atoms with van der Waals surface area (Å²) in [6.07, 6.45) is 0.820. The van der Waals surface area contributed by atoms with E-state index in [-0.39, 0.29) is 22.9 Å². The first-order valence-electron chi connectivity index (χ1n) is 7.42. The molecule has 0 spiro atoms. The quantitative estimate of drug-likeness (QED) is 0.834. The van der Waals surface area contributed by atoms with Crippen LogP contribution in [0.15, 0.2) is 16.8 Å². The van der Waals surface area contributed by atoms with Crippen molar-refractivity contribution in [3.8, 4) is 5.88 Å². The van der Waals surface area contributed by atoms with E-state index in [4.69, 9.17) is 25.6 Å². The van der Waals surface area contributed by atoms with Gasteiger partial charge in [0.25, 0.3) is 11.8 Å². The molecule has 128 valence electrons. The van der Waals surface area contributed by atoms with Gasteiger partial charge in [-0.3, -0.25) is 4.79 Å². The molecule has 8 nitrogen and oxygen atoms in total. The van der Waals surface area contributed by atoms with Gasteiger partial charge in [0.05, 0.1) is 25.3 Å². The lowest BCUT2D eigenvalue weighted by Crippen LogP contribution is -2.46. The van der Waals surface area contributed by atoms with Gasteiger partial charge in [0.1, 0.15) is 5.02 Å². The first-order valence-corrected chi connectivity index (χ1v) is 7.80. The van der Waals surface area contributed by atoms with Gasteiger partial charge in [-0.1, -0.05) is 16.8 Å². The molecular weight excluding hydrogens is 336 g/mol. The second kappa shape index (κ2) is 6.74. The van der Waals surface area contributed by atoms with Gasteiger partial charge in [0.15, 0.2) is 11.9 Å². The summed E-state index contributed by atoms with van der Waals surface area (Å²) in [6, 6.07) is 1.54. The van der Waals surface area contributed by atoms with E-state index in [1.54, 1.807) is 17.9 Å². The molecule has 0 N–H and O–H groups in total. The molecule has 24 heavy (non-hydrogen) atoms. The summed E-state index contributed by atoms with van der Waals surface area (Å²) >= 11 is 6.05. The van der Waals surface area contributed by atoms with E-state index in [2.05, 4.69) is 15.1 Å². The fraction of sp³-hybridized carbons (Fsp3) is 0.467. The minimum atomic E-state index is -0.458. The van der Waals surface area contributed by atoms with Gasteiger partial charge in [-0.25, -0.2) is 4.98 Å². The molecule has 0 aliphatic carbocycles. The van der Waals surface area contributed by atoms with E-state index >= 15 is 0 Å². The van der Waals surface area contributed by atoms with E-state index in [9.17, 15) is 4.79 Å². The summed E-state index contributed by atoms with van der Waals surface area (Å²) in [7, 11) is 1.47. The molecule has 3 heterocycles. The third-order valence-corrected chi connectivity index (χ3v) is 3.88. The Morgan fingerprint density at radius 1 is 1.46 bits per heavy atom. The monoisotopic (exact) mass is 352 g/mol. The highest BCUT2D eigenvalue weighted by atomic mass is 35.5. The number of nitrogens with zero attached hydrogens (tertiary/aromatic N) is 4. The predicted octanol–water partition coefficient (Wildman–Crippen LogP) is 2.04. The molecule has 2 aromatic rings. The highest BCUT2D eigenvalue weighted by Crippen LogP contribution is 2.27. The Hall–Kier alpha value is -2.19. The normalized spacial score (nSPS) is 20.9. The lowest BCUT2D eigenvalue weighted by Gasteiger charge is -2.35. The Labute approximate surface area is 143 Å². The zero-order chi connectivity index (χ0) is 17.3. The third kappa shape index (κ3) is 3.34. The molecule has 0 bridgehead atoms. The Morgan fingerprint density at radius 3 is 2.88 bits per heavy atom. The van der Waals surface area contributed by atoms with E-state index in [0.29, 0.717) is 30.4 Å². The van der Waals surface area contributed by atoms with Crippen LogP contribution in [0.5, 0.6) is 5.88 Å². The van der Waals surface area contributed by atoms with Crippen molar-refractivity contribution in [1.29, 1.82) is 0 Å². The van der Waals surface area contributed by atoms with Gasteiger partial charge in [-0.05, 0) is 19.9 Å². The molecule has 2 atom stereocenters. The Balaban J connectivity index is 1.80. The average molecular weight is 353 g/mol. The lowest BCUT2D eigenvalue weighted by atomic mass is 10.1. The SMILES string of the molecule is COc1ncc(C(=O)N2C[C@@H](C)O[C@@H](c3nc(C)no3)C2)cc1Cl. The summed E-state index contributed by atoms with van der Waals surface area (Å²) in [5, 5.41) is 4.05. The summed E-state index contributed by atoms with van der Waals surface area (Å²) in [4.78, 5) is 22.6. The first kappa shape index (κ1) is 16.7. The Morgan fingerprint density at radius 2 is 2.25 bits per heavy atom. The van der Waals surface area contributed by atoms with Crippen LogP contribution in [0.1, 0.15) is 35.1 Å². The second-order valence-electron chi connectivity index (χ2n) is 5.54. The summed E-state index contributed by atoms with van der Waals surface area (Å²) in [6.45, 7) is 4.38. The van der Waals surface area contributed by atoms with E-state index in [1.807, 2.05) is 6.92 Å². The lowest BCUT2D eigenvalue weighted by molar-refractivity contribution is -0.0810. The number of hydrogen-bond donors (Lipinski definition) is 0. The van der Waals surface area contributed by atoms with Crippen molar-refractivity contribution in [1.82, 2.24) is 20.0 Å². The van der Waals surface area contributed by atoms with Crippen LogP contribution in [0.4, 0.5) is 0 Å². The Bertz CT molecular complexity index is 751. The first-order chi connectivity index (χ1) is 11.5. The largest absolute Gasteiger partial charge is 0.480 e. The van der Waals surface area contributed by atoms with Crippen molar-refractivity contribution in [3.05, 3.63) is 34.6 Å². The number of hydrogen-bond acceptors (Lipinski definition) is 7. The molecule has 9 heteroatoms. The number of rotatable bonds is 3. The molecule has 0 saturated carbocycles. The van der Waals surface area contributed by atoms with Gasteiger partial charge in [0.2, 0.25) is 5.88 Å². The van der Waals surface area contributed by atoms with E-state index in [1.165, 1.54) is 13.3 Å². The van der Waals surface area contributed by atoms with Crippen LogP contribution >= 0.6 is 11.6 Å². The van der Waals surface area contributed by atoms with Crippen LogP contribution in [-0.2, 0) is 4.74 Å². The number of aryl methyl sites for hydroxylation is 1. The van der Waals surface area contributed by atoms with Crippen LogP contribution in [0, 0.1) is 6.92 Å². The van der Waals surface area contributed by atoms with Crippen molar-refractivity contribution in [2.24, 2.45) is 0 Å². The van der Waals surface area contributed by atoms with E-state index in [0.717, 1.165) is 0 Å². The topological polar surface area (TPSA) is 90.6 Å². The minimum absolute atomic E-state index is 0.165. The maximum atomic E-state index is 12.7. The molecular formula is C15H17ClN4O4. The number of aromatic nitrogens is 3. The fourth-order valence-corrected chi connectivity index (χ4v) is 2.82. The van der Waals surface area contributed by atoms with Crippen LogP contribution in [0.25, 0.3) is 0 Å². The van der Waals surface area contributed by atoms with Crippen LogP contribution in [0.3, 0.4) is 0 Å². The molecule has 0 unspecified atom stereocenters. The molecule has 0 aromatic carbocycles. The molecule has 1 aliphatic rings. The van der Waals surface area contributed by atoms with Crippen LogP contribution in [0.2, 0.25) is 5.02 Å². The molecule has 1 amide bonds. The average Bonchev–Trinajstić information content (AvgIpc) is 3.00.